The van der Waals surface area contributed by atoms with Crippen LogP contribution in [0.1, 0.15) is 37.0 Å². The van der Waals surface area contributed by atoms with Gasteiger partial charge in [0.2, 0.25) is 5.91 Å². The van der Waals surface area contributed by atoms with Crippen molar-refractivity contribution in [1.29, 1.82) is 0 Å². The van der Waals surface area contributed by atoms with Gasteiger partial charge in [0.25, 0.3) is 5.91 Å². The van der Waals surface area contributed by atoms with Crippen molar-refractivity contribution in [3.05, 3.63) is 23.8 Å². The number of carboxylic acids is 1. The SMILES string of the molecule is COc1ccc(C(=O)N(C)CC(=O)N2CCC(C(=O)O)CC2)c(OC(C)C)c1. The van der Waals surface area contributed by atoms with Crippen molar-refractivity contribution in [2.75, 3.05) is 33.8 Å². The Labute approximate surface area is 165 Å². The zero-order valence-electron chi connectivity index (χ0n) is 16.8. The van der Waals surface area contributed by atoms with Crippen LogP contribution in [0, 0.1) is 5.92 Å². The number of amides is 2. The molecule has 0 atom stereocenters. The molecule has 1 saturated heterocycles. The molecule has 0 aromatic heterocycles. The number of nitrogens with zero attached hydrogens (tertiary/aromatic N) is 2. The summed E-state index contributed by atoms with van der Waals surface area (Å²) in [5.74, 6) is -0.769. The van der Waals surface area contributed by atoms with Gasteiger partial charge in [-0.2, -0.15) is 0 Å². The molecule has 0 unspecified atom stereocenters. The second-order valence-corrected chi connectivity index (χ2v) is 7.18. The van der Waals surface area contributed by atoms with E-state index in [0.717, 1.165) is 0 Å². The summed E-state index contributed by atoms with van der Waals surface area (Å²) in [6.07, 6.45) is 0.744. The molecule has 8 nitrogen and oxygen atoms in total. The summed E-state index contributed by atoms with van der Waals surface area (Å²) in [6.45, 7) is 4.43. The number of aliphatic carboxylic acids is 1. The van der Waals surface area contributed by atoms with E-state index in [0.29, 0.717) is 43.0 Å². The van der Waals surface area contributed by atoms with E-state index in [1.165, 1.54) is 12.0 Å². The van der Waals surface area contributed by atoms with Gasteiger partial charge in [-0.15, -0.1) is 0 Å². The van der Waals surface area contributed by atoms with Crippen LogP contribution in [0.25, 0.3) is 0 Å². The monoisotopic (exact) mass is 392 g/mol. The second kappa shape index (κ2) is 9.43. The molecule has 1 aromatic rings. The average molecular weight is 392 g/mol. The first-order valence-electron chi connectivity index (χ1n) is 9.33. The van der Waals surface area contributed by atoms with E-state index in [1.807, 2.05) is 13.8 Å². The van der Waals surface area contributed by atoms with Crippen LogP contribution >= 0.6 is 0 Å². The Kier molecular flexibility index (Phi) is 7.25. The molecule has 28 heavy (non-hydrogen) atoms. The predicted molar refractivity (Wildman–Crippen MR) is 103 cm³/mol. The Balaban J connectivity index is 2.04. The molecule has 0 radical (unpaired) electrons. The number of likely N-dealkylation sites (tertiary alicyclic amines) is 1. The van der Waals surface area contributed by atoms with Gasteiger partial charge in [-0.1, -0.05) is 0 Å². The van der Waals surface area contributed by atoms with Gasteiger partial charge in [-0.25, -0.2) is 0 Å². The maximum Gasteiger partial charge on any atom is 0.306 e. The van der Waals surface area contributed by atoms with Crippen LogP contribution in [0.4, 0.5) is 0 Å². The number of carbonyl (C=O) groups is 3. The fraction of sp³-hybridized carbons (Fsp3) is 0.550. The van der Waals surface area contributed by atoms with Crippen LogP contribution in [0.5, 0.6) is 11.5 Å². The predicted octanol–water partition coefficient (Wildman–Crippen LogP) is 1.88. The highest BCUT2D eigenvalue weighted by Gasteiger charge is 2.28. The van der Waals surface area contributed by atoms with Crippen LogP contribution in [0.3, 0.4) is 0 Å². The quantitative estimate of drug-likeness (QED) is 0.761. The van der Waals surface area contributed by atoms with Crippen LogP contribution in [-0.2, 0) is 9.59 Å². The topological polar surface area (TPSA) is 96.4 Å². The van der Waals surface area contributed by atoms with Gasteiger partial charge in [-0.3, -0.25) is 14.4 Å². The Bertz CT molecular complexity index is 725. The van der Waals surface area contributed by atoms with Crippen molar-refractivity contribution in [1.82, 2.24) is 9.80 Å². The summed E-state index contributed by atoms with van der Waals surface area (Å²) >= 11 is 0. The van der Waals surface area contributed by atoms with Gasteiger partial charge in [0.1, 0.15) is 11.5 Å². The van der Waals surface area contributed by atoms with Crippen LogP contribution in [-0.4, -0.2) is 72.6 Å². The molecule has 1 heterocycles. The number of methoxy groups -OCH3 is 1. The van der Waals surface area contributed by atoms with E-state index in [9.17, 15) is 14.4 Å². The zero-order chi connectivity index (χ0) is 20.8. The first kappa shape index (κ1) is 21.5. The van der Waals surface area contributed by atoms with Crippen molar-refractivity contribution < 1.29 is 29.0 Å². The lowest BCUT2D eigenvalue weighted by atomic mass is 9.97. The maximum absolute atomic E-state index is 12.9. The Morgan fingerprint density at radius 1 is 1.25 bits per heavy atom. The Morgan fingerprint density at radius 3 is 2.43 bits per heavy atom. The molecule has 1 N–H and O–H groups in total. The van der Waals surface area contributed by atoms with E-state index < -0.39 is 11.9 Å². The number of hydrogen-bond donors (Lipinski definition) is 1. The second-order valence-electron chi connectivity index (χ2n) is 7.18. The summed E-state index contributed by atoms with van der Waals surface area (Å²) in [5.41, 5.74) is 0.356. The van der Waals surface area contributed by atoms with E-state index in [2.05, 4.69) is 0 Å². The lowest BCUT2D eigenvalue weighted by Gasteiger charge is -2.31. The van der Waals surface area contributed by atoms with Crippen LogP contribution in [0.2, 0.25) is 0 Å². The molecular weight excluding hydrogens is 364 g/mol. The Hall–Kier alpha value is -2.77. The number of piperidine rings is 1. The van der Waals surface area contributed by atoms with Crippen LogP contribution < -0.4 is 9.47 Å². The minimum atomic E-state index is -0.823. The van der Waals surface area contributed by atoms with Gasteiger partial charge in [0, 0.05) is 26.2 Å². The third kappa shape index (κ3) is 5.37. The number of rotatable bonds is 7. The van der Waals surface area contributed by atoms with Crippen molar-refractivity contribution in [2.45, 2.75) is 32.8 Å². The fourth-order valence-electron chi connectivity index (χ4n) is 3.11. The van der Waals surface area contributed by atoms with Gasteiger partial charge in [0.05, 0.1) is 31.2 Å². The molecule has 1 aromatic carbocycles. The minimum Gasteiger partial charge on any atom is -0.497 e. The number of ether oxygens (including phenoxy) is 2. The van der Waals surface area contributed by atoms with E-state index in [4.69, 9.17) is 14.6 Å². The standard InChI is InChI=1S/C20H28N2O6/c1-13(2)28-17-11-15(27-4)5-6-16(17)19(24)21(3)12-18(23)22-9-7-14(8-10-22)20(25)26/h5-6,11,13-14H,7-10,12H2,1-4H3,(H,25,26). The van der Waals surface area contributed by atoms with E-state index >= 15 is 0 Å². The maximum atomic E-state index is 12.9. The van der Waals surface area contributed by atoms with E-state index in [1.54, 1.807) is 30.1 Å². The van der Waals surface area contributed by atoms with Gasteiger partial charge < -0.3 is 24.4 Å². The normalized spacial score (nSPS) is 14.7. The summed E-state index contributed by atoms with van der Waals surface area (Å²) in [4.78, 5) is 39.4. The van der Waals surface area contributed by atoms with Crippen molar-refractivity contribution in [3.8, 4) is 11.5 Å². The third-order valence-electron chi connectivity index (χ3n) is 4.70. The number of carbonyl (C=O) groups excluding carboxylic acids is 2. The fourth-order valence-corrected chi connectivity index (χ4v) is 3.11. The molecule has 2 amide bonds. The molecule has 154 valence electrons. The molecule has 8 heteroatoms. The van der Waals surface area contributed by atoms with Crippen molar-refractivity contribution in [3.63, 3.8) is 0 Å². The minimum absolute atomic E-state index is 0.0796. The van der Waals surface area contributed by atoms with Gasteiger partial charge in [-0.05, 0) is 38.8 Å². The van der Waals surface area contributed by atoms with Crippen molar-refractivity contribution in [2.24, 2.45) is 5.92 Å². The highest BCUT2D eigenvalue weighted by atomic mass is 16.5. The summed E-state index contributed by atoms with van der Waals surface area (Å²) in [6, 6.07) is 4.95. The van der Waals surface area contributed by atoms with Crippen LogP contribution in [0.15, 0.2) is 18.2 Å². The molecule has 0 aliphatic carbocycles. The summed E-state index contributed by atoms with van der Waals surface area (Å²) < 4.78 is 10.9. The molecule has 1 fully saturated rings. The van der Waals surface area contributed by atoms with Crippen molar-refractivity contribution >= 4 is 17.8 Å². The molecular formula is C20H28N2O6. The van der Waals surface area contributed by atoms with E-state index in [-0.39, 0.29) is 24.5 Å². The molecule has 0 spiro atoms. The number of benzene rings is 1. The molecule has 0 saturated carbocycles. The molecule has 1 aliphatic rings. The van der Waals surface area contributed by atoms with Gasteiger partial charge >= 0.3 is 5.97 Å². The third-order valence-corrected chi connectivity index (χ3v) is 4.70. The number of carboxylic acid groups (broad SMARTS) is 1. The summed E-state index contributed by atoms with van der Waals surface area (Å²) in [7, 11) is 3.10. The highest BCUT2D eigenvalue weighted by Crippen LogP contribution is 2.27. The van der Waals surface area contributed by atoms with Gasteiger partial charge in [0.15, 0.2) is 0 Å². The lowest BCUT2D eigenvalue weighted by Crippen LogP contribution is -2.45. The number of hydrogen-bond acceptors (Lipinski definition) is 5. The lowest BCUT2D eigenvalue weighted by molar-refractivity contribution is -0.145. The smallest absolute Gasteiger partial charge is 0.306 e. The average Bonchev–Trinajstić information content (AvgIpc) is 2.66. The summed E-state index contributed by atoms with van der Waals surface area (Å²) in [5, 5.41) is 9.06. The molecule has 0 bridgehead atoms. The first-order valence-corrected chi connectivity index (χ1v) is 9.33. The zero-order valence-corrected chi connectivity index (χ0v) is 16.8. The number of likely N-dealkylation sites (N-methyl/N-ethyl adjacent to an activating group) is 1. The largest absolute Gasteiger partial charge is 0.497 e. The molecule has 1 aliphatic heterocycles. The Morgan fingerprint density at radius 2 is 1.89 bits per heavy atom. The first-order chi connectivity index (χ1) is 13.2. The molecule has 2 rings (SSSR count). The highest BCUT2D eigenvalue weighted by molar-refractivity contribution is 5.98.